The molecular weight excluding hydrogens is 413 g/mol. The standard InChI is InChI=1S/C23H24FN5O3/c24-17-3-5-19-21(12-17)32-28-22(19)15-6-9-29(10-7-15)8-1-11-31-23(30)26-18-4-2-16-14-25-27-20(16)13-18/h2-5,12-15H,1,6-11H2,(H,25,27)(H,26,30). The van der Waals surface area contributed by atoms with Crippen LogP contribution in [0.1, 0.15) is 30.9 Å². The average molecular weight is 437 g/mol. The maximum Gasteiger partial charge on any atom is 0.411 e. The van der Waals surface area contributed by atoms with Crippen LogP contribution < -0.4 is 5.32 Å². The number of nitrogens with zero attached hydrogens (tertiary/aromatic N) is 3. The number of carbonyl (C=O) groups is 1. The van der Waals surface area contributed by atoms with Crippen molar-refractivity contribution in [1.29, 1.82) is 0 Å². The summed E-state index contributed by atoms with van der Waals surface area (Å²) in [7, 11) is 0. The van der Waals surface area contributed by atoms with E-state index in [0.29, 0.717) is 23.8 Å². The Morgan fingerprint density at radius 2 is 2.12 bits per heavy atom. The summed E-state index contributed by atoms with van der Waals surface area (Å²) >= 11 is 0. The van der Waals surface area contributed by atoms with Gasteiger partial charge in [-0.2, -0.15) is 5.10 Å². The molecule has 4 aromatic rings. The highest BCUT2D eigenvalue weighted by Crippen LogP contribution is 2.32. The van der Waals surface area contributed by atoms with E-state index in [1.165, 1.54) is 12.1 Å². The van der Waals surface area contributed by atoms with Crippen LogP contribution >= 0.6 is 0 Å². The Bertz CT molecular complexity index is 1230. The number of likely N-dealkylation sites (tertiary alicyclic amines) is 1. The van der Waals surface area contributed by atoms with E-state index in [2.05, 4.69) is 25.6 Å². The third-order valence-corrected chi connectivity index (χ3v) is 5.98. The number of aromatic amines is 1. The number of rotatable bonds is 6. The minimum absolute atomic E-state index is 0.312. The summed E-state index contributed by atoms with van der Waals surface area (Å²) < 4.78 is 24.0. The summed E-state index contributed by atoms with van der Waals surface area (Å²) in [5.74, 6) is -0.00277. The van der Waals surface area contributed by atoms with Crippen LogP contribution in [-0.4, -0.2) is 52.6 Å². The van der Waals surface area contributed by atoms with Gasteiger partial charge in [-0.1, -0.05) is 5.16 Å². The van der Waals surface area contributed by atoms with Gasteiger partial charge >= 0.3 is 6.09 Å². The molecule has 0 spiro atoms. The van der Waals surface area contributed by atoms with E-state index >= 15 is 0 Å². The summed E-state index contributed by atoms with van der Waals surface area (Å²) in [6, 6.07) is 10.1. The molecular formula is C23H24FN5O3. The first kappa shape index (κ1) is 20.4. The SMILES string of the molecule is O=C(Nc1ccc2cn[nH]c2c1)OCCCN1CCC(c2noc3cc(F)ccc23)CC1. The molecule has 166 valence electrons. The van der Waals surface area contributed by atoms with Gasteiger partial charge in [0, 0.05) is 35.0 Å². The largest absolute Gasteiger partial charge is 0.449 e. The van der Waals surface area contributed by atoms with Crippen LogP contribution in [0.2, 0.25) is 0 Å². The summed E-state index contributed by atoms with van der Waals surface area (Å²) in [6.07, 6.45) is 3.98. The molecule has 0 unspecified atom stereocenters. The number of ether oxygens (including phenoxy) is 1. The molecule has 5 rings (SSSR count). The van der Waals surface area contributed by atoms with Crippen LogP contribution in [0.4, 0.5) is 14.9 Å². The Balaban J connectivity index is 1.04. The number of anilines is 1. The number of fused-ring (bicyclic) bond motifs is 2. The van der Waals surface area contributed by atoms with Gasteiger partial charge in [0.25, 0.3) is 0 Å². The quantitative estimate of drug-likeness (QED) is 0.426. The molecule has 9 heteroatoms. The molecule has 0 radical (unpaired) electrons. The van der Waals surface area contributed by atoms with Gasteiger partial charge in [0.05, 0.1) is 24.0 Å². The Kier molecular flexibility index (Phi) is 5.72. The zero-order chi connectivity index (χ0) is 21.9. The lowest BCUT2D eigenvalue weighted by Crippen LogP contribution is -2.34. The van der Waals surface area contributed by atoms with Crippen molar-refractivity contribution in [1.82, 2.24) is 20.3 Å². The van der Waals surface area contributed by atoms with E-state index in [0.717, 1.165) is 60.9 Å². The lowest BCUT2D eigenvalue weighted by atomic mass is 9.91. The van der Waals surface area contributed by atoms with Crippen molar-refractivity contribution in [3.05, 3.63) is 54.1 Å². The monoisotopic (exact) mass is 437 g/mol. The van der Waals surface area contributed by atoms with Crippen LogP contribution in [0.5, 0.6) is 0 Å². The third kappa shape index (κ3) is 4.43. The van der Waals surface area contributed by atoms with Gasteiger partial charge in [-0.15, -0.1) is 0 Å². The molecule has 1 amide bonds. The van der Waals surface area contributed by atoms with Crippen LogP contribution in [0.15, 0.2) is 47.1 Å². The summed E-state index contributed by atoms with van der Waals surface area (Å²) in [4.78, 5) is 14.4. The molecule has 3 heterocycles. The molecule has 2 aromatic carbocycles. The number of carbonyl (C=O) groups excluding carboxylic acids is 1. The maximum absolute atomic E-state index is 13.4. The Hall–Kier alpha value is -3.46. The van der Waals surface area contributed by atoms with E-state index in [4.69, 9.17) is 9.26 Å². The first-order valence-electron chi connectivity index (χ1n) is 10.8. The minimum Gasteiger partial charge on any atom is -0.449 e. The van der Waals surface area contributed by atoms with E-state index in [1.807, 2.05) is 18.2 Å². The highest BCUT2D eigenvalue weighted by molar-refractivity contribution is 5.89. The zero-order valence-electron chi connectivity index (χ0n) is 17.5. The van der Waals surface area contributed by atoms with Gasteiger partial charge in [0.1, 0.15) is 5.82 Å². The fourth-order valence-corrected chi connectivity index (χ4v) is 4.28. The molecule has 32 heavy (non-hydrogen) atoms. The van der Waals surface area contributed by atoms with Crippen LogP contribution in [0, 0.1) is 5.82 Å². The number of H-pyrrole nitrogens is 1. The molecule has 1 saturated heterocycles. The van der Waals surface area contributed by atoms with Crippen molar-refractivity contribution in [2.75, 3.05) is 31.6 Å². The first-order chi connectivity index (χ1) is 15.7. The second-order valence-corrected chi connectivity index (χ2v) is 8.11. The Morgan fingerprint density at radius 1 is 1.25 bits per heavy atom. The molecule has 2 aromatic heterocycles. The topological polar surface area (TPSA) is 96.3 Å². The summed E-state index contributed by atoms with van der Waals surface area (Å²) in [5.41, 5.74) is 2.95. The van der Waals surface area contributed by atoms with Gasteiger partial charge in [-0.25, -0.2) is 9.18 Å². The van der Waals surface area contributed by atoms with Crippen LogP contribution in [0.25, 0.3) is 21.9 Å². The van der Waals surface area contributed by atoms with E-state index in [-0.39, 0.29) is 5.82 Å². The van der Waals surface area contributed by atoms with Gasteiger partial charge in [-0.3, -0.25) is 10.4 Å². The lowest BCUT2D eigenvalue weighted by molar-refractivity contribution is 0.145. The van der Waals surface area contributed by atoms with Crippen molar-refractivity contribution >= 4 is 33.7 Å². The average Bonchev–Trinajstić information content (AvgIpc) is 3.43. The van der Waals surface area contributed by atoms with Crippen LogP contribution in [-0.2, 0) is 4.74 Å². The number of amides is 1. The number of hydrogen-bond acceptors (Lipinski definition) is 6. The molecule has 2 N–H and O–H groups in total. The molecule has 0 saturated carbocycles. The number of aromatic nitrogens is 3. The van der Waals surface area contributed by atoms with Crippen molar-refractivity contribution in [3.63, 3.8) is 0 Å². The van der Waals surface area contributed by atoms with Gasteiger partial charge in [0.15, 0.2) is 5.58 Å². The van der Waals surface area contributed by atoms with Crippen molar-refractivity contribution in [3.8, 4) is 0 Å². The number of nitrogens with one attached hydrogen (secondary N) is 2. The summed E-state index contributed by atoms with van der Waals surface area (Å²) in [6.45, 7) is 3.11. The zero-order valence-corrected chi connectivity index (χ0v) is 17.5. The molecule has 8 nitrogen and oxygen atoms in total. The molecule has 1 aliphatic heterocycles. The highest BCUT2D eigenvalue weighted by Gasteiger charge is 2.25. The van der Waals surface area contributed by atoms with Gasteiger partial charge in [-0.05, 0) is 62.7 Å². The van der Waals surface area contributed by atoms with Gasteiger partial charge in [0.2, 0.25) is 0 Å². The number of hydrogen-bond donors (Lipinski definition) is 2. The fraction of sp³-hybridized carbons (Fsp3) is 0.348. The Morgan fingerprint density at radius 3 is 3.00 bits per heavy atom. The third-order valence-electron chi connectivity index (χ3n) is 5.98. The minimum atomic E-state index is -0.461. The smallest absolute Gasteiger partial charge is 0.411 e. The number of piperidine rings is 1. The predicted octanol–water partition coefficient (Wildman–Crippen LogP) is 4.66. The first-order valence-corrected chi connectivity index (χ1v) is 10.8. The highest BCUT2D eigenvalue weighted by atomic mass is 19.1. The van der Waals surface area contributed by atoms with E-state index in [9.17, 15) is 9.18 Å². The van der Waals surface area contributed by atoms with Crippen molar-refractivity contribution < 1.29 is 18.4 Å². The maximum atomic E-state index is 13.4. The van der Waals surface area contributed by atoms with Crippen LogP contribution in [0.3, 0.4) is 0 Å². The number of benzene rings is 2. The molecule has 1 aliphatic rings. The normalized spacial score (nSPS) is 15.4. The Labute approximate surface area is 183 Å². The lowest BCUT2D eigenvalue weighted by Gasteiger charge is -2.31. The molecule has 0 atom stereocenters. The van der Waals surface area contributed by atoms with Crippen molar-refractivity contribution in [2.24, 2.45) is 0 Å². The fourth-order valence-electron chi connectivity index (χ4n) is 4.28. The van der Waals surface area contributed by atoms with E-state index < -0.39 is 6.09 Å². The summed E-state index contributed by atoms with van der Waals surface area (Å²) in [5, 5.41) is 15.7. The van der Waals surface area contributed by atoms with E-state index in [1.54, 1.807) is 12.3 Å². The predicted molar refractivity (Wildman–Crippen MR) is 118 cm³/mol. The molecule has 0 bridgehead atoms. The second kappa shape index (κ2) is 8.96. The molecule has 0 aliphatic carbocycles. The molecule has 1 fully saturated rings. The number of halogens is 1. The second-order valence-electron chi connectivity index (χ2n) is 8.11. The van der Waals surface area contributed by atoms with Crippen molar-refractivity contribution in [2.45, 2.75) is 25.2 Å². The van der Waals surface area contributed by atoms with Gasteiger partial charge < -0.3 is 14.2 Å².